The zero-order valence-electron chi connectivity index (χ0n) is 10.2. The Bertz CT molecular complexity index is 420. The van der Waals surface area contributed by atoms with Gasteiger partial charge in [0.1, 0.15) is 0 Å². The molecule has 1 aromatic carbocycles. The number of rotatable bonds is 6. The molecule has 1 amide bonds. The fourth-order valence-electron chi connectivity index (χ4n) is 1.30. The minimum atomic E-state index is -0.286. The van der Waals surface area contributed by atoms with Gasteiger partial charge in [0.05, 0.1) is 13.0 Å². The highest BCUT2D eigenvalue weighted by Crippen LogP contribution is 2.11. The summed E-state index contributed by atoms with van der Waals surface area (Å²) in [5, 5.41) is 2.67. The molecule has 0 aliphatic rings. The molecule has 0 aliphatic carbocycles. The molecule has 0 saturated heterocycles. The van der Waals surface area contributed by atoms with E-state index in [1.165, 1.54) is 0 Å². The van der Waals surface area contributed by atoms with Crippen molar-refractivity contribution >= 4 is 27.8 Å². The highest BCUT2D eigenvalue weighted by atomic mass is 79.9. The molecule has 0 unspecified atom stereocenters. The second-order valence-electron chi connectivity index (χ2n) is 3.74. The number of hydrogen-bond acceptors (Lipinski definition) is 3. The molecule has 0 atom stereocenters. The number of ether oxygens (including phenoxy) is 1. The van der Waals surface area contributed by atoms with Crippen LogP contribution in [0.4, 0.5) is 0 Å². The van der Waals surface area contributed by atoms with Crippen molar-refractivity contribution in [1.29, 1.82) is 0 Å². The van der Waals surface area contributed by atoms with E-state index in [1.54, 1.807) is 18.2 Å². The zero-order chi connectivity index (χ0) is 13.4. The zero-order valence-corrected chi connectivity index (χ0v) is 11.8. The average Bonchev–Trinajstić information content (AvgIpc) is 2.36. The molecule has 0 fully saturated rings. The Morgan fingerprint density at radius 1 is 1.39 bits per heavy atom. The molecule has 5 heteroatoms. The Kier molecular flexibility index (Phi) is 6.43. The van der Waals surface area contributed by atoms with Gasteiger partial charge in [-0.15, -0.1) is 0 Å². The Morgan fingerprint density at radius 3 is 2.83 bits per heavy atom. The Hall–Kier alpha value is -1.36. The van der Waals surface area contributed by atoms with E-state index < -0.39 is 0 Å². The second kappa shape index (κ2) is 7.87. The van der Waals surface area contributed by atoms with Gasteiger partial charge < -0.3 is 10.1 Å². The summed E-state index contributed by atoms with van der Waals surface area (Å²) in [6.07, 6.45) is 0.996. The van der Waals surface area contributed by atoms with Gasteiger partial charge in [-0.1, -0.05) is 28.9 Å². The van der Waals surface area contributed by atoms with E-state index in [0.29, 0.717) is 12.2 Å². The second-order valence-corrected chi connectivity index (χ2v) is 4.65. The van der Waals surface area contributed by atoms with E-state index >= 15 is 0 Å². The number of halogens is 1. The van der Waals surface area contributed by atoms with Gasteiger partial charge >= 0.3 is 5.97 Å². The molecule has 1 rings (SSSR count). The van der Waals surface area contributed by atoms with Crippen LogP contribution in [-0.4, -0.2) is 25.0 Å². The van der Waals surface area contributed by atoms with Gasteiger partial charge in [0.15, 0.2) is 0 Å². The van der Waals surface area contributed by atoms with E-state index in [1.807, 2.05) is 13.0 Å². The molecule has 1 aromatic rings. The highest BCUT2D eigenvalue weighted by Gasteiger charge is 2.07. The minimum Gasteiger partial charge on any atom is -0.466 e. The van der Waals surface area contributed by atoms with Crippen LogP contribution in [0.5, 0.6) is 0 Å². The fourth-order valence-corrected chi connectivity index (χ4v) is 1.70. The van der Waals surface area contributed by atoms with Gasteiger partial charge in [0, 0.05) is 16.6 Å². The number of hydrogen-bond donors (Lipinski definition) is 1. The maximum absolute atomic E-state index is 11.7. The van der Waals surface area contributed by atoms with Crippen molar-refractivity contribution in [2.75, 3.05) is 13.2 Å². The first-order chi connectivity index (χ1) is 8.63. The van der Waals surface area contributed by atoms with Gasteiger partial charge in [-0.3, -0.25) is 9.59 Å². The van der Waals surface area contributed by atoms with Crippen LogP contribution < -0.4 is 5.32 Å². The van der Waals surface area contributed by atoms with Crippen LogP contribution in [0.15, 0.2) is 28.7 Å². The van der Waals surface area contributed by atoms with E-state index in [4.69, 9.17) is 4.74 Å². The maximum Gasteiger partial charge on any atom is 0.307 e. The van der Waals surface area contributed by atoms with Crippen LogP contribution in [0.1, 0.15) is 30.1 Å². The van der Waals surface area contributed by atoms with Gasteiger partial charge in [0.2, 0.25) is 0 Å². The standard InChI is InChI=1S/C13H16BrNO3/c1-2-8-18-12(16)6-7-15-13(17)10-4-3-5-11(14)9-10/h3-5,9H,2,6-8H2,1H3,(H,15,17). The predicted octanol–water partition coefficient (Wildman–Crippen LogP) is 2.52. The van der Waals surface area contributed by atoms with Crippen LogP contribution in [0.3, 0.4) is 0 Å². The summed E-state index contributed by atoms with van der Waals surface area (Å²) >= 11 is 3.30. The molecule has 98 valence electrons. The van der Waals surface area contributed by atoms with Crippen LogP contribution in [0, 0.1) is 0 Å². The number of nitrogens with one attached hydrogen (secondary N) is 1. The van der Waals surface area contributed by atoms with Crippen LogP contribution in [0.2, 0.25) is 0 Å². The van der Waals surface area contributed by atoms with Crippen molar-refractivity contribution in [2.45, 2.75) is 19.8 Å². The van der Waals surface area contributed by atoms with Crippen LogP contribution in [0.25, 0.3) is 0 Å². The normalized spacial score (nSPS) is 9.89. The topological polar surface area (TPSA) is 55.4 Å². The van der Waals surface area contributed by atoms with Crippen molar-refractivity contribution in [3.63, 3.8) is 0 Å². The van der Waals surface area contributed by atoms with Gasteiger partial charge in [-0.25, -0.2) is 0 Å². The number of benzene rings is 1. The molecule has 0 saturated carbocycles. The third-order valence-corrected chi connectivity index (χ3v) is 2.66. The van der Waals surface area contributed by atoms with E-state index in [0.717, 1.165) is 10.9 Å². The molecule has 0 radical (unpaired) electrons. The van der Waals surface area contributed by atoms with Crippen LogP contribution in [-0.2, 0) is 9.53 Å². The summed E-state index contributed by atoms with van der Waals surface area (Å²) in [4.78, 5) is 22.9. The first-order valence-corrected chi connectivity index (χ1v) is 6.62. The minimum absolute atomic E-state index is 0.194. The Morgan fingerprint density at radius 2 is 2.17 bits per heavy atom. The van der Waals surface area contributed by atoms with Gasteiger partial charge in [-0.05, 0) is 24.6 Å². The van der Waals surface area contributed by atoms with E-state index in [-0.39, 0.29) is 24.8 Å². The lowest BCUT2D eigenvalue weighted by atomic mass is 10.2. The van der Waals surface area contributed by atoms with Crippen molar-refractivity contribution < 1.29 is 14.3 Å². The molecular formula is C13H16BrNO3. The Labute approximate surface area is 115 Å². The summed E-state index contributed by atoms with van der Waals surface area (Å²) in [6.45, 7) is 2.65. The molecular weight excluding hydrogens is 298 g/mol. The van der Waals surface area contributed by atoms with E-state index in [2.05, 4.69) is 21.2 Å². The molecule has 0 aliphatic heterocycles. The predicted molar refractivity (Wildman–Crippen MR) is 72.3 cm³/mol. The number of esters is 1. The molecule has 0 aromatic heterocycles. The van der Waals surface area contributed by atoms with Gasteiger partial charge in [-0.2, -0.15) is 0 Å². The molecule has 4 nitrogen and oxygen atoms in total. The smallest absolute Gasteiger partial charge is 0.307 e. The average molecular weight is 314 g/mol. The molecule has 0 bridgehead atoms. The number of carbonyl (C=O) groups excluding carboxylic acids is 2. The van der Waals surface area contributed by atoms with Crippen molar-refractivity contribution in [1.82, 2.24) is 5.32 Å². The lowest BCUT2D eigenvalue weighted by molar-refractivity contribution is -0.143. The van der Waals surface area contributed by atoms with Crippen LogP contribution >= 0.6 is 15.9 Å². The first kappa shape index (κ1) is 14.7. The summed E-state index contributed by atoms with van der Waals surface area (Å²) in [5.41, 5.74) is 0.561. The van der Waals surface area contributed by atoms with Crippen molar-refractivity contribution in [2.24, 2.45) is 0 Å². The third kappa shape index (κ3) is 5.31. The lowest BCUT2D eigenvalue weighted by Gasteiger charge is -2.06. The first-order valence-electron chi connectivity index (χ1n) is 5.83. The summed E-state index contributed by atoms with van der Waals surface area (Å²) < 4.78 is 5.74. The summed E-state index contributed by atoms with van der Waals surface area (Å²) in [7, 11) is 0. The molecule has 0 spiro atoms. The van der Waals surface area contributed by atoms with E-state index in [9.17, 15) is 9.59 Å². The molecule has 0 heterocycles. The van der Waals surface area contributed by atoms with Crippen molar-refractivity contribution in [3.05, 3.63) is 34.3 Å². The highest BCUT2D eigenvalue weighted by molar-refractivity contribution is 9.10. The lowest BCUT2D eigenvalue weighted by Crippen LogP contribution is -2.26. The quantitative estimate of drug-likeness (QED) is 0.821. The van der Waals surface area contributed by atoms with Crippen molar-refractivity contribution in [3.8, 4) is 0 Å². The molecule has 1 N–H and O–H groups in total. The fraction of sp³-hybridized carbons (Fsp3) is 0.385. The third-order valence-electron chi connectivity index (χ3n) is 2.17. The molecule has 18 heavy (non-hydrogen) atoms. The number of amides is 1. The monoisotopic (exact) mass is 313 g/mol. The largest absolute Gasteiger partial charge is 0.466 e. The number of carbonyl (C=O) groups is 2. The SMILES string of the molecule is CCCOC(=O)CCNC(=O)c1cccc(Br)c1. The summed E-state index contributed by atoms with van der Waals surface area (Å²) in [6, 6.07) is 7.08. The van der Waals surface area contributed by atoms with Gasteiger partial charge in [0.25, 0.3) is 5.91 Å². The summed E-state index contributed by atoms with van der Waals surface area (Å²) in [5.74, 6) is -0.481. The maximum atomic E-state index is 11.7. The Balaban J connectivity index is 2.31.